The summed E-state index contributed by atoms with van der Waals surface area (Å²) in [5.74, 6) is 2.12. The number of aryl methyl sites for hydroxylation is 2. The van der Waals surface area contributed by atoms with Gasteiger partial charge in [-0.3, -0.25) is 0 Å². The zero-order valence-corrected chi connectivity index (χ0v) is 36.9. The van der Waals surface area contributed by atoms with Crippen LogP contribution in [0.5, 0.6) is 23.0 Å². The zero-order chi connectivity index (χ0) is 44.7. The van der Waals surface area contributed by atoms with E-state index in [1.165, 1.54) is 5.22 Å². The van der Waals surface area contributed by atoms with Gasteiger partial charge in [-0.2, -0.15) is 0 Å². The molecule has 0 amide bonds. The first-order chi connectivity index (χ1) is 32.4. The van der Waals surface area contributed by atoms with E-state index in [9.17, 15) is 10.2 Å². The highest BCUT2D eigenvalue weighted by Gasteiger charge is 2.29. The van der Waals surface area contributed by atoms with E-state index in [0.29, 0.717) is 23.7 Å². The summed E-state index contributed by atoms with van der Waals surface area (Å²) in [5.41, 5.74) is 10.9. The lowest BCUT2D eigenvalue weighted by Crippen LogP contribution is -2.36. The fraction of sp³-hybridized carbons (Fsp3) is 0.0968. The van der Waals surface area contributed by atoms with Crippen LogP contribution in [0.2, 0.25) is 0 Å². The van der Waals surface area contributed by atoms with Crippen LogP contribution in [-0.2, 0) is 13.2 Å². The second-order valence-corrected chi connectivity index (χ2v) is 17.5. The third-order valence-corrected chi connectivity index (χ3v) is 13.2. The molecule has 2 N–H and O–H groups in total. The lowest BCUT2D eigenvalue weighted by atomic mass is 9.75. The topological polar surface area (TPSA) is 58.9 Å². The highest BCUT2D eigenvalue weighted by molar-refractivity contribution is 6.14. The van der Waals surface area contributed by atoms with Crippen molar-refractivity contribution in [2.45, 2.75) is 27.1 Å². The van der Waals surface area contributed by atoms with Crippen molar-refractivity contribution in [3.05, 3.63) is 238 Å². The van der Waals surface area contributed by atoms with Gasteiger partial charge < -0.3 is 19.7 Å². The molecule has 4 heteroatoms. The fourth-order valence-corrected chi connectivity index (χ4v) is 10.1. The number of allylic oxidation sites excluding steroid dienone is 4. The lowest BCUT2D eigenvalue weighted by molar-refractivity contribution is 0.286. The number of fused-ring (bicyclic) bond motifs is 4. The van der Waals surface area contributed by atoms with Gasteiger partial charge in [-0.05, 0) is 116 Å². The van der Waals surface area contributed by atoms with Gasteiger partial charge in [-0.25, -0.2) is 0 Å². The minimum atomic E-state index is 0.110. The van der Waals surface area contributed by atoms with Crippen molar-refractivity contribution in [1.29, 1.82) is 0 Å². The van der Waals surface area contributed by atoms with Crippen molar-refractivity contribution in [3.8, 4) is 56.4 Å². The average molecular weight is 857 g/mol. The molecular weight excluding hydrogens is 809 g/mol. The quantitative estimate of drug-likeness (QED) is 0.135. The van der Waals surface area contributed by atoms with Crippen LogP contribution in [0.4, 0.5) is 0 Å². The number of phenolic OH excluding ortho intramolecular Hbond substituents is 2. The number of hydrogen-bond donors (Lipinski definition) is 2. The first kappa shape index (κ1) is 40.7. The summed E-state index contributed by atoms with van der Waals surface area (Å²) in [4.78, 5) is 0. The van der Waals surface area contributed by atoms with E-state index < -0.39 is 0 Å². The number of phenols is 2. The third-order valence-electron chi connectivity index (χ3n) is 13.2. The summed E-state index contributed by atoms with van der Waals surface area (Å²) in [6.45, 7) is 4.74. The average Bonchev–Trinajstić information content (AvgIpc) is 3.35. The standard InChI is InChI=1S/C62H48O4/c1-39-31-53(61(63)55(33-39)59-47-23-9-5-17-41(47)35-42-18-6-10-24-48(42)59)51-27-13-15-29-57(51)65-37-45-21-3-4-22-46(45)38-66-58-30-16-14-28-52(58)54-32-40(2)34-56(62(54)64)60-49-25-11-7-19-43(49)36-44-20-8-12-26-50(44)60/h3-36,41,47,63-64H,37-38H2,1-2H3. The number of rotatable bonds is 10. The highest BCUT2D eigenvalue weighted by atomic mass is 16.5. The largest absolute Gasteiger partial charge is 0.507 e. The second-order valence-electron chi connectivity index (χ2n) is 17.5. The maximum atomic E-state index is 12.3. The predicted molar refractivity (Wildman–Crippen MR) is 270 cm³/mol. The van der Waals surface area contributed by atoms with Crippen molar-refractivity contribution in [3.63, 3.8) is 0 Å². The number of aromatic hydroxyl groups is 2. The maximum absolute atomic E-state index is 12.3. The smallest absolute Gasteiger partial charge is 0.131 e. The van der Waals surface area contributed by atoms with E-state index in [4.69, 9.17) is 9.47 Å². The third kappa shape index (κ3) is 7.41. The molecule has 2 aliphatic rings. The Labute approximate surface area is 385 Å². The number of ether oxygens (including phenoxy) is 2. The summed E-state index contributed by atoms with van der Waals surface area (Å²) >= 11 is 0. The van der Waals surface area contributed by atoms with Gasteiger partial charge in [0.2, 0.25) is 0 Å². The minimum Gasteiger partial charge on any atom is -0.507 e. The van der Waals surface area contributed by atoms with Gasteiger partial charge in [-0.15, -0.1) is 0 Å². The Morgan fingerprint density at radius 3 is 1.58 bits per heavy atom. The first-order valence-electron chi connectivity index (χ1n) is 22.7. The van der Waals surface area contributed by atoms with E-state index in [0.717, 1.165) is 88.0 Å². The van der Waals surface area contributed by atoms with E-state index in [2.05, 4.69) is 153 Å². The van der Waals surface area contributed by atoms with Gasteiger partial charge in [0.1, 0.15) is 36.2 Å². The summed E-state index contributed by atoms with van der Waals surface area (Å²) in [6.07, 6.45) is 11.1. The number of para-hydroxylation sites is 2. The zero-order valence-electron chi connectivity index (χ0n) is 36.9. The lowest BCUT2D eigenvalue weighted by Gasteiger charge is -2.29. The van der Waals surface area contributed by atoms with E-state index >= 15 is 0 Å². The molecule has 2 aliphatic carbocycles. The molecule has 2 unspecified atom stereocenters. The van der Waals surface area contributed by atoms with Crippen LogP contribution in [-0.4, -0.2) is 10.2 Å². The Hall–Kier alpha value is -8.08. The summed E-state index contributed by atoms with van der Waals surface area (Å²) < 4.78 is 13.4. The highest BCUT2D eigenvalue weighted by Crippen LogP contribution is 2.48. The first-order valence-corrected chi connectivity index (χ1v) is 22.7. The number of benzene rings is 9. The molecule has 2 atom stereocenters. The summed E-state index contributed by atoms with van der Waals surface area (Å²) in [5, 5.41) is 31.3. The SMILES string of the molecule is Cc1cc(C2=c3ccccc3=CC3C=CC=CC23)c(O)c(-c2ccccc2OCc2ccccc2COc2ccccc2-c2cc(C)cc(-c3c4ccccc4cc4ccccc34)c2O)c1. The van der Waals surface area contributed by atoms with E-state index in [1.807, 2.05) is 66.7 Å². The van der Waals surface area contributed by atoms with E-state index in [1.54, 1.807) is 0 Å². The molecule has 11 rings (SSSR count). The van der Waals surface area contributed by atoms with Crippen LogP contribution < -0.4 is 19.9 Å². The molecule has 0 heterocycles. The van der Waals surface area contributed by atoms with Gasteiger partial charge in [-0.1, -0.05) is 164 Å². The molecule has 9 aromatic carbocycles. The van der Waals surface area contributed by atoms with Crippen LogP contribution in [0.25, 0.3) is 66.6 Å². The molecule has 0 spiro atoms. The van der Waals surface area contributed by atoms with Crippen molar-refractivity contribution in [1.82, 2.24) is 0 Å². The van der Waals surface area contributed by atoms with Crippen molar-refractivity contribution in [2.24, 2.45) is 11.8 Å². The van der Waals surface area contributed by atoms with Crippen LogP contribution in [0.15, 0.2) is 200 Å². The van der Waals surface area contributed by atoms with Crippen LogP contribution in [0, 0.1) is 25.7 Å². The molecule has 0 aromatic heterocycles. The maximum Gasteiger partial charge on any atom is 0.131 e. The Morgan fingerprint density at radius 1 is 0.455 bits per heavy atom. The monoisotopic (exact) mass is 856 g/mol. The Kier molecular flexibility index (Phi) is 10.6. The molecule has 0 fully saturated rings. The molecule has 0 bridgehead atoms. The molecule has 4 nitrogen and oxygen atoms in total. The molecule has 9 aromatic rings. The van der Waals surface area contributed by atoms with Gasteiger partial charge in [0.05, 0.1) is 0 Å². The van der Waals surface area contributed by atoms with Gasteiger partial charge >= 0.3 is 0 Å². The van der Waals surface area contributed by atoms with Crippen LogP contribution in [0.3, 0.4) is 0 Å². The number of hydrogen-bond acceptors (Lipinski definition) is 4. The van der Waals surface area contributed by atoms with Gasteiger partial charge in [0, 0.05) is 50.8 Å². The second kappa shape index (κ2) is 17.1. The fourth-order valence-electron chi connectivity index (χ4n) is 10.1. The van der Waals surface area contributed by atoms with Crippen molar-refractivity contribution < 1.29 is 19.7 Å². The summed E-state index contributed by atoms with van der Waals surface area (Å²) in [6, 6.07) is 59.8. The van der Waals surface area contributed by atoms with Crippen LogP contribution >= 0.6 is 0 Å². The van der Waals surface area contributed by atoms with Crippen molar-refractivity contribution >= 4 is 33.2 Å². The molecule has 0 saturated carbocycles. The molecule has 66 heavy (non-hydrogen) atoms. The van der Waals surface area contributed by atoms with Crippen molar-refractivity contribution in [2.75, 3.05) is 0 Å². The Balaban J connectivity index is 0.894. The van der Waals surface area contributed by atoms with Gasteiger partial charge in [0.25, 0.3) is 0 Å². The Bertz CT molecular complexity index is 3500. The van der Waals surface area contributed by atoms with Crippen LogP contribution in [0.1, 0.15) is 27.8 Å². The molecule has 0 radical (unpaired) electrons. The Morgan fingerprint density at radius 2 is 0.939 bits per heavy atom. The van der Waals surface area contributed by atoms with Gasteiger partial charge in [0.15, 0.2) is 0 Å². The molecular formula is C62H48O4. The molecule has 320 valence electrons. The molecule has 0 saturated heterocycles. The van der Waals surface area contributed by atoms with E-state index in [-0.39, 0.29) is 29.9 Å². The summed E-state index contributed by atoms with van der Waals surface area (Å²) in [7, 11) is 0. The minimum absolute atomic E-state index is 0.110. The predicted octanol–water partition coefficient (Wildman–Crippen LogP) is 13.5. The molecule has 0 aliphatic heterocycles. The normalized spacial score (nSPS) is 15.0.